The highest BCUT2D eigenvalue weighted by atomic mass is 16.5. The van der Waals surface area contributed by atoms with Crippen molar-refractivity contribution in [3.8, 4) is 17.1 Å². The van der Waals surface area contributed by atoms with Gasteiger partial charge >= 0.3 is 0 Å². The molecule has 3 aromatic rings. The van der Waals surface area contributed by atoms with Crippen molar-refractivity contribution >= 4 is 16.7 Å². The minimum atomic E-state index is 0.486. The zero-order valence-corrected chi connectivity index (χ0v) is 11.4. The van der Waals surface area contributed by atoms with Gasteiger partial charge in [0.2, 0.25) is 0 Å². The van der Waals surface area contributed by atoms with Crippen LogP contribution >= 0.6 is 0 Å². The normalized spacial score (nSPS) is 10.7. The Morgan fingerprint density at radius 2 is 1.85 bits per heavy atom. The van der Waals surface area contributed by atoms with Gasteiger partial charge in [-0.15, -0.1) is 0 Å². The van der Waals surface area contributed by atoms with Crippen molar-refractivity contribution in [1.29, 1.82) is 0 Å². The lowest BCUT2D eigenvalue weighted by Gasteiger charge is -2.09. The topological polar surface area (TPSA) is 61.0 Å². The van der Waals surface area contributed by atoms with Crippen molar-refractivity contribution in [3.05, 3.63) is 48.0 Å². The van der Waals surface area contributed by atoms with E-state index in [1.54, 1.807) is 7.11 Å². The summed E-state index contributed by atoms with van der Waals surface area (Å²) in [5.74, 6) is 1.80. The van der Waals surface area contributed by atoms with Crippen LogP contribution in [-0.4, -0.2) is 17.1 Å². The molecule has 3 rings (SSSR count). The molecular weight excluding hydrogens is 250 g/mol. The third-order valence-corrected chi connectivity index (χ3v) is 3.23. The molecule has 0 aliphatic rings. The maximum Gasteiger partial charge on any atom is 0.165 e. The average molecular weight is 265 g/mol. The molecule has 0 atom stereocenters. The molecular formula is C16H15N3O. The average Bonchev–Trinajstić information content (AvgIpc) is 2.47. The van der Waals surface area contributed by atoms with Gasteiger partial charge in [-0.05, 0) is 31.2 Å². The molecule has 0 bridgehead atoms. The van der Waals surface area contributed by atoms with E-state index >= 15 is 0 Å². The Morgan fingerprint density at radius 1 is 1.05 bits per heavy atom. The van der Waals surface area contributed by atoms with Crippen LogP contribution in [0.5, 0.6) is 5.75 Å². The number of fused-ring (bicyclic) bond motifs is 1. The molecule has 20 heavy (non-hydrogen) atoms. The molecule has 4 heteroatoms. The van der Waals surface area contributed by atoms with Crippen molar-refractivity contribution in [2.24, 2.45) is 0 Å². The first-order chi connectivity index (χ1) is 9.69. The highest BCUT2D eigenvalue weighted by Crippen LogP contribution is 2.29. The van der Waals surface area contributed by atoms with Gasteiger partial charge in [-0.3, -0.25) is 0 Å². The molecule has 0 aliphatic carbocycles. The minimum Gasteiger partial charge on any atom is -0.496 e. The Kier molecular flexibility index (Phi) is 2.99. The minimum absolute atomic E-state index is 0.486. The molecule has 1 aromatic heterocycles. The predicted molar refractivity (Wildman–Crippen MR) is 80.7 cm³/mol. The second-order valence-electron chi connectivity index (χ2n) is 4.65. The van der Waals surface area contributed by atoms with E-state index in [-0.39, 0.29) is 0 Å². The number of rotatable bonds is 2. The van der Waals surface area contributed by atoms with Gasteiger partial charge in [-0.25, -0.2) is 9.97 Å². The standard InChI is InChI=1S/C16H15N3O/c1-10-7-8-13-12(9-10)15(17)19-16(18-13)11-5-3-4-6-14(11)20-2/h3-9H,1-2H3,(H2,17,18,19). The van der Waals surface area contributed by atoms with Gasteiger partial charge in [0.15, 0.2) is 5.82 Å². The van der Waals surface area contributed by atoms with E-state index < -0.39 is 0 Å². The van der Waals surface area contributed by atoms with E-state index in [0.29, 0.717) is 11.6 Å². The van der Waals surface area contributed by atoms with Gasteiger partial charge < -0.3 is 10.5 Å². The number of benzene rings is 2. The number of hydrogen-bond acceptors (Lipinski definition) is 4. The summed E-state index contributed by atoms with van der Waals surface area (Å²) in [4.78, 5) is 8.99. The lowest BCUT2D eigenvalue weighted by molar-refractivity contribution is 0.416. The number of hydrogen-bond donors (Lipinski definition) is 1. The molecule has 4 nitrogen and oxygen atoms in total. The van der Waals surface area contributed by atoms with E-state index in [1.807, 2.05) is 49.4 Å². The van der Waals surface area contributed by atoms with Crippen LogP contribution in [0.2, 0.25) is 0 Å². The molecule has 0 amide bonds. The number of aryl methyl sites for hydroxylation is 1. The molecule has 0 unspecified atom stereocenters. The first-order valence-electron chi connectivity index (χ1n) is 6.36. The second-order valence-corrected chi connectivity index (χ2v) is 4.65. The van der Waals surface area contributed by atoms with Crippen LogP contribution in [0, 0.1) is 6.92 Å². The molecule has 0 aliphatic heterocycles. The number of nitrogen functional groups attached to an aromatic ring is 1. The Labute approximate surface area is 117 Å². The van der Waals surface area contributed by atoms with Gasteiger partial charge in [-0.1, -0.05) is 23.8 Å². The Hall–Kier alpha value is -2.62. The monoisotopic (exact) mass is 265 g/mol. The fourth-order valence-electron chi connectivity index (χ4n) is 2.22. The summed E-state index contributed by atoms with van der Waals surface area (Å²) in [6, 6.07) is 13.6. The van der Waals surface area contributed by atoms with Crippen LogP contribution in [0.25, 0.3) is 22.3 Å². The zero-order chi connectivity index (χ0) is 14.1. The zero-order valence-electron chi connectivity index (χ0n) is 11.4. The molecule has 100 valence electrons. The van der Waals surface area contributed by atoms with Crippen LogP contribution in [0.4, 0.5) is 5.82 Å². The first kappa shape index (κ1) is 12.4. The molecule has 0 spiro atoms. The van der Waals surface area contributed by atoms with E-state index in [4.69, 9.17) is 10.5 Å². The fourth-order valence-corrected chi connectivity index (χ4v) is 2.22. The first-order valence-corrected chi connectivity index (χ1v) is 6.36. The van der Waals surface area contributed by atoms with Gasteiger partial charge in [0.25, 0.3) is 0 Å². The third kappa shape index (κ3) is 2.05. The maximum absolute atomic E-state index is 6.06. The smallest absolute Gasteiger partial charge is 0.165 e. The molecule has 0 radical (unpaired) electrons. The third-order valence-electron chi connectivity index (χ3n) is 3.23. The van der Waals surface area contributed by atoms with Crippen LogP contribution in [-0.2, 0) is 0 Å². The van der Waals surface area contributed by atoms with Crippen molar-refractivity contribution in [2.75, 3.05) is 12.8 Å². The summed E-state index contributed by atoms with van der Waals surface area (Å²) in [6.07, 6.45) is 0. The lowest BCUT2D eigenvalue weighted by Crippen LogP contribution is -1.99. The molecule has 2 aromatic carbocycles. The van der Waals surface area contributed by atoms with Crippen molar-refractivity contribution in [1.82, 2.24) is 9.97 Å². The number of anilines is 1. The lowest BCUT2D eigenvalue weighted by atomic mass is 10.1. The summed E-state index contributed by atoms with van der Waals surface area (Å²) in [5, 5.41) is 0.878. The van der Waals surface area contributed by atoms with Crippen molar-refractivity contribution in [2.45, 2.75) is 6.92 Å². The molecule has 1 heterocycles. The highest BCUT2D eigenvalue weighted by Gasteiger charge is 2.11. The van der Waals surface area contributed by atoms with Crippen LogP contribution < -0.4 is 10.5 Å². The summed E-state index contributed by atoms with van der Waals surface area (Å²) >= 11 is 0. The number of nitrogens with zero attached hydrogens (tertiary/aromatic N) is 2. The predicted octanol–water partition coefficient (Wildman–Crippen LogP) is 3.20. The van der Waals surface area contributed by atoms with Crippen LogP contribution in [0.1, 0.15) is 5.56 Å². The SMILES string of the molecule is COc1ccccc1-c1nc(N)c2cc(C)ccc2n1. The number of methoxy groups -OCH3 is 1. The van der Waals surface area contributed by atoms with Gasteiger partial charge in [0.1, 0.15) is 11.6 Å². The number of aromatic nitrogens is 2. The van der Waals surface area contributed by atoms with E-state index in [0.717, 1.165) is 27.8 Å². The second kappa shape index (κ2) is 4.81. The van der Waals surface area contributed by atoms with Gasteiger partial charge in [0.05, 0.1) is 18.2 Å². The Balaban J connectivity index is 2.25. The van der Waals surface area contributed by atoms with Crippen LogP contribution in [0.15, 0.2) is 42.5 Å². The Bertz CT molecular complexity index is 784. The largest absolute Gasteiger partial charge is 0.496 e. The number of para-hydroxylation sites is 1. The maximum atomic E-state index is 6.06. The quantitative estimate of drug-likeness (QED) is 0.773. The summed E-state index contributed by atoms with van der Waals surface area (Å²) in [7, 11) is 1.63. The Morgan fingerprint density at radius 3 is 2.65 bits per heavy atom. The molecule has 2 N–H and O–H groups in total. The van der Waals surface area contributed by atoms with E-state index in [1.165, 1.54) is 0 Å². The fraction of sp³-hybridized carbons (Fsp3) is 0.125. The van der Waals surface area contributed by atoms with Gasteiger partial charge in [-0.2, -0.15) is 0 Å². The summed E-state index contributed by atoms with van der Waals surface area (Å²) < 4.78 is 5.35. The van der Waals surface area contributed by atoms with E-state index in [9.17, 15) is 0 Å². The van der Waals surface area contributed by atoms with E-state index in [2.05, 4.69) is 9.97 Å². The molecule has 0 fully saturated rings. The summed E-state index contributed by atoms with van der Waals surface area (Å²) in [6.45, 7) is 2.02. The molecule has 0 saturated heterocycles. The van der Waals surface area contributed by atoms with Gasteiger partial charge in [0, 0.05) is 5.39 Å². The van der Waals surface area contributed by atoms with Crippen molar-refractivity contribution < 1.29 is 4.74 Å². The van der Waals surface area contributed by atoms with Crippen molar-refractivity contribution in [3.63, 3.8) is 0 Å². The molecule has 0 saturated carbocycles. The van der Waals surface area contributed by atoms with Crippen LogP contribution in [0.3, 0.4) is 0 Å². The highest BCUT2D eigenvalue weighted by molar-refractivity contribution is 5.90. The number of ether oxygens (including phenoxy) is 1. The number of nitrogens with two attached hydrogens (primary N) is 1. The summed E-state index contributed by atoms with van der Waals surface area (Å²) in [5.41, 5.74) is 8.87.